The summed E-state index contributed by atoms with van der Waals surface area (Å²) in [5.74, 6) is -0.124. The minimum Gasteiger partial charge on any atom is -0.376 e. The lowest BCUT2D eigenvalue weighted by atomic mass is 9.79. The van der Waals surface area contributed by atoms with Crippen LogP contribution in [0.15, 0.2) is 0 Å². The van der Waals surface area contributed by atoms with Gasteiger partial charge in [-0.2, -0.15) is 0 Å². The molecule has 1 heterocycles. The second kappa shape index (κ2) is 3.98. The van der Waals surface area contributed by atoms with Crippen molar-refractivity contribution in [3.8, 4) is 0 Å². The average Bonchev–Trinajstić information content (AvgIpc) is 2.18. The highest BCUT2D eigenvalue weighted by atomic mass is 16.5. The summed E-state index contributed by atoms with van der Waals surface area (Å²) in [6, 6.07) is 0. The molecular weight excluding hydrogens is 220 g/mol. The van der Waals surface area contributed by atoms with Crippen LogP contribution in [0.4, 0.5) is 0 Å². The monoisotopic (exact) mass is 240 g/mol. The van der Waals surface area contributed by atoms with Crippen LogP contribution >= 0.6 is 0 Å². The van der Waals surface area contributed by atoms with E-state index in [1.54, 1.807) is 25.9 Å². The van der Waals surface area contributed by atoms with E-state index in [9.17, 15) is 9.59 Å². The number of nitrogens with zero attached hydrogens (tertiary/aromatic N) is 1. The second-order valence-electron chi connectivity index (χ2n) is 5.58. The van der Waals surface area contributed by atoms with Crippen LogP contribution in [-0.4, -0.2) is 48.1 Å². The van der Waals surface area contributed by atoms with Gasteiger partial charge in [-0.3, -0.25) is 9.59 Å². The van der Waals surface area contributed by atoms with E-state index in [4.69, 9.17) is 4.74 Å². The van der Waals surface area contributed by atoms with Gasteiger partial charge in [0.15, 0.2) is 0 Å². The Morgan fingerprint density at radius 2 is 2.00 bits per heavy atom. The summed E-state index contributed by atoms with van der Waals surface area (Å²) >= 11 is 0. The third-order valence-electron chi connectivity index (χ3n) is 3.79. The first-order valence-electron chi connectivity index (χ1n) is 6.04. The van der Waals surface area contributed by atoms with Crippen molar-refractivity contribution in [3.05, 3.63) is 0 Å². The Labute approximate surface area is 101 Å². The molecule has 0 spiro atoms. The molecule has 0 aromatic heterocycles. The van der Waals surface area contributed by atoms with Crippen molar-refractivity contribution >= 4 is 11.8 Å². The van der Waals surface area contributed by atoms with Gasteiger partial charge in [0.1, 0.15) is 5.54 Å². The van der Waals surface area contributed by atoms with Crippen LogP contribution < -0.4 is 5.32 Å². The summed E-state index contributed by atoms with van der Waals surface area (Å²) in [5.41, 5.74) is -1.02. The molecule has 2 rings (SSSR count). The highest BCUT2D eigenvalue weighted by Gasteiger charge is 2.45. The Balaban J connectivity index is 2.09. The molecule has 0 aromatic rings. The molecule has 0 bridgehead atoms. The van der Waals surface area contributed by atoms with Gasteiger partial charge < -0.3 is 15.0 Å². The van der Waals surface area contributed by atoms with Crippen molar-refractivity contribution in [2.24, 2.45) is 0 Å². The van der Waals surface area contributed by atoms with Crippen LogP contribution in [0.1, 0.15) is 33.1 Å². The van der Waals surface area contributed by atoms with E-state index in [1.807, 2.05) is 0 Å². The quantitative estimate of drug-likeness (QED) is 0.771. The van der Waals surface area contributed by atoms with Gasteiger partial charge in [-0.25, -0.2) is 0 Å². The molecule has 2 fully saturated rings. The first-order chi connectivity index (χ1) is 7.88. The van der Waals surface area contributed by atoms with Gasteiger partial charge in [-0.15, -0.1) is 0 Å². The summed E-state index contributed by atoms with van der Waals surface area (Å²) in [7, 11) is 1.68. The maximum absolute atomic E-state index is 12.2. The van der Waals surface area contributed by atoms with Crippen molar-refractivity contribution in [1.82, 2.24) is 10.2 Å². The standard InChI is InChI=1S/C12H20N2O3/c1-11(2)10(16)14(7-9(15)13-11)8-12(17-3)5-4-6-12/h4-8H2,1-3H3,(H,13,15). The van der Waals surface area contributed by atoms with Crippen LogP contribution in [0.2, 0.25) is 0 Å². The van der Waals surface area contributed by atoms with E-state index in [0.717, 1.165) is 19.3 Å². The van der Waals surface area contributed by atoms with Crippen molar-refractivity contribution in [2.45, 2.75) is 44.2 Å². The van der Waals surface area contributed by atoms with Crippen molar-refractivity contribution in [2.75, 3.05) is 20.2 Å². The largest absolute Gasteiger partial charge is 0.376 e. The van der Waals surface area contributed by atoms with Gasteiger partial charge >= 0.3 is 0 Å². The van der Waals surface area contributed by atoms with Gasteiger partial charge in [0, 0.05) is 7.11 Å². The fourth-order valence-corrected chi connectivity index (χ4v) is 2.56. The number of carbonyl (C=O) groups excluding carboxylic acids is 2. The molecule has 5 heteroatoms. The van der Waals surface area contributed by atoms with Gasteiger partial charge in [0.2, 0.25) is 11.8 Å². The average molecular weight is 240 g/mol. The fraction of sp³-hybridized carbons (Fsp3) is 0.833. The molecule has 0 atom stereocenters. The number of ether oxygens (including phenoxy) is 1. The number of methoxy groups -OCH3 is 1. The number of hydrogen-bond donors (Lipinski definition) is 1. The van der Waals surface area contributed by atoms with Crippen molar-refractivity contribution in [1.29, 1.82) is 0 Å². The van der Waals surface area contributed by atoms with Crippen molar-refractivity contribution in [3.63, 3.8) is 0 Å². The van der Waals surface area contributed by atoms with Crippen LogP contribution in [0, 0.1) is 0 Å². The summed E-state index contributed by atoms with van der Waals surface area (Å²) in [6.45, 7) is 4.14. The number of piperazine rings is 1. The van der Waals surface area contributed by atoms with E-state index in [0.29, 0.717) is 6.54 Å². The fourth-order valence-electron chi connectivity index (χ4n) is 2.56. The number of rotatable bonds is 3. The molecule has 2 aliphatic rings. The second-order valence-corrected chi connectivity index (χ2v) is 5.58. The maximum Gasteiger partial charge on any atom is 0.248 e. The number of nitrogens with one attached hydrogen (secondary N) is 1. The Morgan fingerprint density at radius 3 is 2.47 bits per heavy atom. The lowest BCUT2D eigenvalue weighted by molar-refractivity contribution is -0.156. The van der Waals surface area contributed by atoms with Crippen LogP contribution in [0.3, 0.4) is 0 Å². The number of hydrogen-bond acceptors (Lipinski definition) is 3. The molecule has 2 amide bonds. The lowest BCUT2D eigenvalue weighted by Crippen LogP contribution is -2.66. The zero-order valence-corrected chi connectivity index (χ0v) is 10.7. The molecule has 1 aliphatic carbocycles. The van der Waals surface area contributed by atoms with Gasteiger partial charge in [0.05, 0.1) is 18.7 Å². The van der Waals surface area contributed by atoms with Crippen LogP contribution in [0.25, 0.3) is 0 Å². The van der Waals surface area contributed by atoms with E-state index in [-0.39, 0.29) is 24.0 Å². The van der Waals surface area contributed by atoms with E-state index < -0.39 is 5.54 Å². The highest BCUT2D eigenvalue weighted by Crippen LogP contribution is 2.36. The smallest absolute Gasteiger partial charge is 0.248 e. The SMILES string of the molecule is COC1(CN2CC(=O)NC(C)(C)C2=O)CCC1. The Bertz CT molecular complexity index is 342. The predicted molar refractivity (Wildman–Crippen MR) is 62.4 cm³/mol. The van der Waals surface area contributed by atoms with E-state index in [1.165, 1.54) is 0 Å². The Kier molecular flexibility index (Phi) is 2.89. The molecule has 0 radical (unpaired) electrons. The molecule has 1 saturated carbocycles. The van der Waals surface area contributed by atoms with Crippen molar-refractivity contribution < 1.29 is 14.3 Å². The minimum atomic E-state index is -0.798. The molecule has 5 nitrogen and oxygen atoms in total. The molecule has 1 saturated heterocycles. The first kappa shape index (κ1) is 12.4. The lowest BCUT2D eigenvalue weighted by Gasteiger charge is -2.46. The number of amides is 2. The first-order valence-corrected chi connectivity index (χ1v) is 6.04. The Morgan fingerprint density at radius 1 is 1.35 bits per heavy atom. The third-order valence-corrected chi connectivity index (χ3v) is 3.79. The Hall–Kier alpha value is -1.10. The summed E-state index contributed by atoms with van der Waals surface area (Å²) in [4.78, 5) is 25.4. The normalized spacial score (nSPS) is 26.4. The summed E-state index contributed by atoms with van der Waals surface area (Å²) < 4.78 is 5.50. The van der Waals surface area contributed by atoms with Gasteiger partial charge in [-0.05, 0) is 33.1 Å². The topological polar surface area (TPSA) is 58.6 Å². The van der Waals surface area contributed by atoms with Crippen LogP contribution in [0.5, 0.6) is 0 Å². The zero-order valence-electron chi connectivity index (χ0n) is 10.7. The van der Waals surface area contributed by atoms with Gasteiger partial charge in [0.25, 0.3) is 0 Å². The van der Waals surface area contributed by atoms with Crippen LogP contribution in [-0.2, 0) is 14.3 Å². The molecule has 96 valence electrons. The molecule has 0 unspecified atom stereocenters. The summed E-state index contributed by atoms with van der Waals surface area (Å²) in [5, 5.41) is 2.70. The predicted octanol–water partition coefficient (Wildman–Crippen LogP) is 0.292. The summed E-state index contributed by atoms with van der Waals surface area (Å²) in [6.07, 6.45) is 3.07. The van der Waals surface area contributed by atoms with E-state index in [2.05, 4.69) is 5.32 Å². The minimum absolute atomic E-state index is 0.0274. The number of carbonyl (C=O) groups is 2. The molecule has 17 heavy (non-hydrogen) atoms. The zero-order chi connectivity index (χ0) is 12.7. The molecular formula is C12H20N2O3. The molecule has 1 N–H and O–H groups in total. The van der Waals surface area contributed by atoms with Gasteiger partial charge in [-0.1, -0.05) is 0 Å². The van der Waals surface area contributed by atoms with E-state index >= 15 is 0 Å². The molecule has 0 aromatic carbocycles. The maximum atomic E-state index is 12.2. The highest BCUT2D eigenvalue weighted by molar-refractivity contribution is 5.97. The molecule has 1 aliphatic heterocycles. The third kappa shape index (κ3) is 2.16.